The molecule has 0 aromatic heterocycles. The van der Waals surface area contributed by atoms with E-state index >= 15 is 0 Å². The van der Waals surface area contributed by atoms with Crippen LogP contribution in [-0.4, -0.2) is 38.1 Å². The van der Waals surface area contributed by atoms with Crippen LogP contribution in [-0.2, 0) is 6.54 Å². The standard InChI is InChI=1S/C13H19N3/c1-16(2)10-6-9-14-12-15-11-13-7-4-3-5-8-13/h3-5,7-8H,6,9-11H2,1-2H3. The second-order valence-corrected chi connectivity index (χ2v) is 3.94. The number of nitrogens with zero attached hydrogens (tertiary/aromatic N) is 3. The Morgan fingerprint density at radius 2 is 1.88 bits per heavy atom. The molecule has 0 aliphatic carbocycles. The van der Waals surface area contributed by atoms with Crippen LogP contribution < -0.4 is 0 Å². The Labute approximate surface area is 97.5 Å². The minimum Gasteiger partial charge on any atom is -0.309 e. The molecular formula is C13H19N3. The summed E-state index contributed by atoms with van der Waals surface area (Å²) in [5.41, 5.74) is 1.19. The van der Waals surface area contributed by atoms with E-state index in [9.17, 15) is 0 Å². The van der Waals surface area contributed by atoms with E-state index in [0.717, 1.165) is 19.5 Å². The maximum absolute atomic E-state index is 4.13. The van der Waals surface area contributed by atoms with Crippen LogP contribution in [0.25, 0.3) is 0 Å². The Hall–Kier alpha value is -1.44. The van der Waals surface area contributed by atoms with E-state index in [1.807, 2.05) is 18.2 Å². The highest BCUT2D eigenvalue weighted by Crippen LogP contribution is 1.98. The van der Waals surface area contributed by atoms with Gasteiger partial charge >= 0.3 is 0 Å². The first-order chi connectivity index (χ1) is 7.79. The molecule has 1 aromatic carbocycles. The second-order valence-electron chi connectivity index (χ2n) is 3.94. The summed E-state index contributed by atoms with van der Waals surface area (Å²) in [6.45, 7) is 2.53. The van der Waals surface area contributed by atoms with Crippen molar-refractivity contribution >= 4 is 6.01 Å². The lowest BCUT2D eigenvalue weighted by Crippen LogP contribution is -2.13. The lowest BCUT2D eigenvalue weighted by atomic mass is 10.2. The highest BCUT2D eigenvalue weighted by molar-refractivity contribution is 5.41. The number of aliphatic imine (C=N–C) groups is 2. The minimum absolute atomic E-state index is 0.665. The fraction of sp³-hybridized carbons (Fsp3) is 0.462. The molecule has 0 spiro atoms. The quantitative estimate of drug-likeness (QED) is 0.531. The van der Waals surface area contributed by atoms with Crippen LogP contribution in [0, 0.1) is 0 Å². The van der Waals surface area contributed by atoms with E-state index in [4.69, 9.17) is 0 Å². The average Bonchev–Trinajstić information content (AvgIpc) is 2.29. The molecule has 0 amide bonds. The Morgan fingerprint density at radius 3 is 2.56 bits per heavy atom. The van der Waals surface area contributed by atoms with Gasteiger partial charge in [0.05, 0.1) is 19.1 Å². The lowest BCUT2D eigenvalue weighted by Gasteiger charge is -2.05. The van der Waals surface area contributed by atoms with Gasteiger partial charge < -0.3 is 4.90 Å². The van der Waals surface area contributed by atoms with Crippen molar-refractivity contribution in [3.05, 3.63) is 35.9 Å². The topological polar surface area (TPSA) is 28.0 Å². The summed E-state index contributed by atoms with van der Waals surface area (Å²) >= 11 is 0. The number of rotatable bonds is 6. The molecule has 1 aromatic rings. The summed E-state index contributed by atoms with van der Waals surface area (Å²) in [4.78, 5) is 10.4. The number of hydrogen-bond donors (Lipinski definition) is 0. The van der Waals surface area contributed by atoms with Crippen molar-refractivity contribution < 1.29 is 0 Å². The van der Waals surface area contributed by atoms with Crippen LogP contribution in [0.2, 0.25) is 0 Å². The summed E-state index contributed by atoms with van der Waals surface area (Å²) < 4.78 is 0. The van der Waals surface area contributed by atoms with E-state index in [1.165, 1.54) is 5.56 Å². The van der Waals surface area contributed by atoms with Crippen LogP contribution in [0.15, 0.2) is 40.3 Å². The molecule has 0 unspecified atom stereocenters. The minimum atomic E-state index is 0.665. The Morgan fingerprint density at radius 1 is 1.12 bits per heavy atom. The predicted octanol–water partition coefficient (Wildman–Crippen LogP) is 2.31. The van der Waals surface area contributed by atoms with Gasteiger partial charge in [-0.15, -0.1) is 0 Å². The van der Waals surface area contributed by atoms with Crippen molar-refractivity contribution in [3.63, 3.8) is 0 Å². The molecule has 0 radical (unpaired) electrons. The summed E-state index contributed by atoms with van der Waals surface area (Å²) in [6, 6.07) is 12.9. The molecule has 1 rings (SSSR count). The first kappa shape index (κ1) is 12.6. The zero-order valence-corrected chi connectivity index (χ0v) is 10.1. The Balaban J connectivity index is 2.19. The molecule has 0 aliphatic rings. The van der Waals surface area contributed by atoms with E-state index in [0.29, 0.717) is 6.54 Å². The molecule has 3 nitrogen and oxygen atoms in total. The van der Waals surface area contributed by atoms with E-state index in [-0.39, 0.29) is 0 Å². The van der Waals surface area contributed by atoms with Crippen LogP contribution >= 0.6 is 0 Å². The molecule has 0 saturated carbocycles. The van der Waals surface area contributed by atoms with Crippen molar-refractivity contribution in [2.75, 3.05) is 27.2 Å². The zero-order valence-electron chi connectivity index (χ0n) is 10.1. The first-order valence-corrected chi connectivity index (χ1v) is 5.55. The van der Waals surface area contributed by atoms with Crippen LogP contribution in [0.3, 0.4) is 0 Å². The van der Waals surface area contributed by atoms with Crippen LogP contribution in [0.4, 0.5) is 0 Å². The van der Waals surface area contributed by atoms with Crippen LogP contribution in [0.1, 0.15) is 12.0 Å². The third-order valence-corrected chi connectivity index (χ3v) is 2.12. The fourth-order valence-corrected chi connectivity index (χ4v) is 1.28. The molecular weight excluding hydrogens is 198 g/mol. The highest BCUT2D eigenvalue weighted by atomic mass is 15.0. The molecule has 0 bridgehead atoms. The second kappa shape index (κ2) is 7.80. The zero-order chi connectivity index (χ0) is 11.6. The van der Waals surface area contributed by atoms with Gasteiger partial charge in [0.2, 0.25) is 0 Å². The van der Waals surface area contributed by atoms with Gasteiger partial charge in [-0.05, 0) is 32.6 Å². The van der Waals surface area contributed by atoms with Crippen molar-refractivity contribution in [3.8, 4) is 0 Å². The van der Waals surface area contributed by atoms with Gasteiger partial charge in [0.25, 0.3) is 0 Å². The van der Waals surface area contributed by atoms with Gasteiger partial charge in [-0.2, -0.15) is 0 Å². The molecule has 86 valence electrons. The molecule has 0 aliphatic heterocycles. The van der Waals surface area contributed by atoms with Crippen molar-refractivity contribution in [1.29, 1.82) is 0 Å². The maximum Gasteiger partial charge on any atom is 0.0896 e. The van der Waals surface area contributed by atoms with Gasteiger partial charge in [0, 0.05) is 0 Å². The van der Waals surface area contributed by atoms with Crippen molar-refractivity contribution in [2.45, 2.75) is 13.0 Å². The summed E-state index contributed by atoms with van der Waals surface area (Å²) in [5.74, 6) is 0. The third-order valence-electron chi connectivity index (χ3n) is 2.12. The summed E-state index contributed by atoms with van der Waals surface area (Å²) in [7, 11) is 4.13. The fourth-order valence-electron chi connectivity index (χ4n) is 1.28. The molecule has 0 atom stereocenters. The maximum atomic E-state index is 4.13. The molecule has 3 heteroatoms. The number of benzene rings is 1. The molecule has 0 heterocycles. The Kier molecular flexibility index (Phi) is 6.16. The largest absolute Gasteiger partial charge is 0.309 e. The average molecular weight is 217 g/mol. The van der Waals surface area contributed by atoms with Crippen molar-refractivity contribution in [1.82, 2.24) is 4.90 Å². The predicted molar refractivity (Wildman–Crippen MR) is 68.0 cm³/mol. The normalized spacial score (nSPS) is 9.94. The SMILES string of the molecule is CN(C)CCCN=C=NCc1ccccc1. The van der Waals surface area contributed by atoms with Crippen molar-refractivity contribution in [2.24, 2.45) is 9.98 Å². The van der Waals surface area contributed by atoms with E-state index in [1.54, 1.807) is 0 Å². The van der Waals surface area contributed by atoms with E-state index in [2.05, 4.69) is 47.1 Å². The first-order valence-electron chi connectivity index (χ1n) is 5.55. The molecule has 16 heavy (non-hydrogen) atoms. The smallest absolute Gasteiger partial charge is 0.0896 e. The lowest BCUT2D eigenvalue weighted by molar-refractivity contribution is 0.403. The molecule has 0 N–H and O–H groups in total. The summed E-state index contributed by atoms with van der Waals surface area (Å²) in [6.07, 6.45) is 1.06. The number of hydrogen-bond acceptors (Lipinski definition) is 3. The highest BCUT2D eigenvalue weighted by Gasteiger charge is 1.87. The van der Waals surface area contributed by atoms with Crippen LogP contribution in [0.5, 0.6) is 0 Å². The third kappa shape index (κ3) is 6.12. The Bertz CT molecular complexity index is 337. The molecule has 0 fully saturated rings. The van der Waals surface area contributed by atoms with Gasteiger partial charge in [0.15, 0.2) is 0 Å². The van der Waals surface area contributed by atoms with Gasteiger partial charge in [0.1, 0.15) is 0 Å². The molecule has 0 saturated heterocycles. The van der Waals surface area contributed by atoms with E-state index < -0.39 is 0 Å². The van der Waals surface area contributed by atoms with Gasteiger partial charge in [-0.25, -0.2) is 9.98 Å². The van der Waals surface area contributed by atoms with Gasteiger partial charge in [-0.3, -0.25) is 0 Å². The monoisotopic (exact) mass is 217 g/mol. The summed E-state index contributed by atoms with van der Waals surface area (Å²) in [5, 5.41) is 0. The van der Waals surface area contributed by atoms with Gasteiger partial charge in [-0.1, -0.05) is 30.3 Å².